The van der Waals surface area contributed by atoms with Crippen LogP contribution in [0.5, 0.6) is 0 Å². The van der Waals surface area contributed by atoms with Crippen molar-refractivity contribution >= 4 is 29.3 Å². The van der Waals surface area contributed by atoms with E-state index < -0.39 is 0 Å². The summed E-state index contributed by atoms with van der Waals surface area (Å²) in [4.78, 5) is 14.7. The Labute approximate surface area is 180 Å². The lowest BCUT2D eigenvalue weighted by atomic mass is 10.2. The van der Waals surface area contributed by atoms with Crippen molar-refractivity contribution in [1.29, 1.82) is 0 Å². The molecule has 1 aliphatic heterocycles. The summed E-state index contributed by atoms with van der Waals surface area (Å²) in [6, 6.07) is 16.0. The van der Waals surface area contributed by atoms with Crippen molar-refractivity contribution in [3.05, 3.63) is 59.7 Å². The molecule has 3 aromatic rings. The van der Waals surface area contributed by atoms with E-state index in [4.69, 9.17) is 4.74 Å². The third kappa shape index (κ3) is 4.66. The van der Waals surface area contributed by atoms with Gasteiger partial charge in [-0.05, 0) is 43.2 Å². The molecule has 0 saturated carbocycles. The third-order valence-corrected chi connectivity index (χ3v) is 5.85. The molecule has 0 spiro atoms. The van der Waals surface area contributed by atoms with Crippen LogP contribution < -0.4 is 10.2 Å². The second kappa shape index (κ2) is 9.32. The van der Waals surface area contributed by atoms with Crippen LogP contribution in [0.4, 0.5) is 11.6 Å². The largest absolute Gasteiger partial charge is 0.378 e. The van der Waals surface area contributed by atoms with Crippen LogP contribution in [0.25, 0.3) is 5.69 Å². The van der Waals surface area contributed by atoms with Gasteiger partial charge in [-0.25, -0.2) is 0 Å². The Hall–Kier alpha value is -2.84. The van der Waals surface area contributed by atoms with Crippen molar-refractivity contribution in [2.45, 2.75) is 19.0 Å². The smallest absolute Gasteiger partial charge is 0.234 e. The first kappa shape index (κ1) is 20.4. The Morgan fingerprint density at radius 2 is 1.90 bits per heavy atom. The molecule has 1 N–H and O–H groups in total. The number of ether oxygens (including phenoxy) is 1. The number of carbonyl (C=O) groups is 1. The molecule has 156 valence electrons. The highest BCUT2D eigenvalue weighted by atomic mass is 32.2. The summed E-state index contributed by atoms with van der Waals surface area (Å²) in [5.41, 5.74) is 4.01. The predicted molar refractivity (Wildman–Crippen MR) is 120 cm³/mol. The molecule has 0 unspecified atom stereocenters. The van der Waals surface area contributed by atoms with E-state index in [-0.39, 0.29) is 11.7 Å². The van der Waals surface area contributed by atoms with E-state index in [2.05, 4.69) is 39.5 Å². The summed E-state index contributed by atoms with van der Waals surface area (Å²) in [6.07, 6.45) is 0. The SMILES string of the molecule is Cc1cccc(-n2c(SCC(=O)Nc3ccccc3C)nnc2N2CCOCC2)c1. The number of hydrogen-bond donors (Lipinski definition) is 1. The van der Waals surface area contributed by atoms with Gasteiger partial charge < -0.3 is 15.0 Å². The van der Waals surface area contributed by atoms with Crippen molar-refractivity contribution in [1.82, 2.24) is 14.8 Å². The van der Waals surface area contributed by atoms with E-state index in [9.17, 15) is 4.79 Å². The first-order valence-electron chi connectivity index (χ1n) is 9.95. The molecule has 1 aliphatic rings. The predicted octanol–water partition coefficient (Wildman–Crippen LogP) is 3.45. The molecule has 1 saturated heterocycles. The minimum atomic E-state index is -0.0685. The number of anilines is 2. The number of thioether (sulfide) groups is 1. The fraction of sp³-hybridized carbons (Fsp3) is 0.318. The summed E-state index contributed by atoms with van der Waals surface area (Å²) < 4.78 is 7.51. The molecule has 0 atom stereocenters. The maximum absolute atomic E-state index is 12.5. The molecule has 1 fully saturated rings. The van der Waals surface area contributed by atoms with Gasteiger partial charge in [0.05, 0.1) is 24.7 Å². The summed E-state index contributed by atoms with van der Waals surface area (Å²) in [5, 5.41) is 12.5. The van der Waals surface area contributed by atoms with Crippen LogP contribution in [0.2, 0.25) is 0 Å². The molecule has 4 rings (SSSR count). The molecule has 2 heterocycles. The van der Waals surface area contributed by atoms with E-state index in [1.54, 1.807) is 0 Å². The monoisotopic (exact) mass is 423 g/mol. The summed E-state index contributed by atoms with van der Waals surface area (Å²) in [6.45, 7) is 6.91. The Bertz CT molecular complexity index is 1030. The lowest BCUT2D eigenvalue weighted by Crippen LogP contribution is -2.37. The van der Waals surface area contributed by atoms with Crippen LogP contribution in [-0.2, 0) is 9.53 Å². The molecule has 0 bridgehead atoms. The Kier molecular flexibility index (Phi) is 6.35. The number of para-hydroxylation sites is 1. The Balaban J connectivity index is 1.56. The van der Waals surface area contributed by atoms with Crippen molar-refractivity contribution in [2.24, 2.45) is 0 Å². The van der Waals surface area contributed by atoms with Crippen molar-refractivity contribution in [3.63, 3.8) is 0 Å². The fourth-order valence-corrected chi connectivity index (χ4v) is 4.09. The third-order valence-electron chi connectivity index (χ3n) is 4.92. The van der Waals surface area contributed by atoms with Gasteiger partial charge in [-0.15, -0.1) is 10.2 Å². The van der Waals surface area contributed by atoms with Gasteiger partial charge in [-0.3, -0.25) is 9.36 Å². The fourth-order valence-electron chi connectivity index (χ4n) is 3.35. The number of nitrogens with one attached hydrogen (secondary N) is 1. The summed E-state index contributed by atoms with van der Waals surface area (Å²) >= 11 is 1.39. The van der Waals surface area contributed by atoms with Crippen LogP contribution in [0.15, 0.2) is 53.7 Å². The van der Waals surface area contributed by atoms with E-state index in [0.717, 1.165) is 41.5 Å². The summed E-state index contributed by atoms with van der Waals surface area (Å²) in [5.74, 6) is 0.966. The maximum Gasteiger partial charge on any atom is 0.234 e. The number of hydrogen-bond acceptors (Lipinski definition) is 6. The lowest BCUT2D eigenvalue weighted by Gasteiger charge is -2.28. The number of nitrogens with zero attached hydrogens (tertiary/aromatic N) is 4. The van der Waals surface area contributed by atoms with Crippen LogP contribution in [0.3, 0.4) is 0 Å². The zero-order valence-corrected chi connectivity index (χ0v) is 18.0. The second-order valence-electron chi connectivity index (χ2n) is 7.21. The number of rotatable bonds is 6. The van der Waals surface area contributed by atoms with Crippen LogP contribution in [-0.4, -0.2) is 52.7 Å². The van der Waals surface area contributed by atoms with Gasteiger partial charge in [-0.1, -0.05) is 42.1 Å². The highest BCUT2D eigenvalue weighted by molar-refractivity contribution is 7.99. The quantitative estimate of drug-likeness (QED) is 0.613. The molecule has 7 nitrogen and oxygen atoms in total. The molecule has 0 aliphatic carbocycles. The molecule has 2 aromatic carbocycles. The van der Waals surface area contributed by atoms with E-state index in [0.29, 0.717) is 18.4 Å². The first-order chi connectivity index (χ1) is 14.6. The molecule has 8 heteroatoms. The van der Waals surface area contributed by atoms with Gasteiger partial charge in [0.25, 0.3) is 0 Å². The molecule has 0 radical (unpaired) electrons. The van der Waals surface area contributed by atoms with Crippen molar-refractivity contribution in [2.75, 3.05) is 42.3 Å². The second-order valence-corrected chi connectivity index (χ2v) is 8.15. The molecular formula is C22H25N5O2S. The molecule has 1 aromatic heterocycles. The maximum atomic E-state index is 12.5. The number of morpholine rings is 1. The highest BCUT2D eigenvalue weighted by Gasteiger charge is 2.22. The Morgan fingerprint density at radius 1 is 1.10 bits per heavy atom. The topological polar surface area (TPSA) is 72.3 Å². The number of benzene rings is 2. The normalized spacial score (nSPS) is 14.0. The average Bonchev–Trinajstić information content (AvgIpc) is 3.18. The minimum Gasteiger partial charge on any atom is -0.378 e. The minimum absolute atomic E-state index is 0.0685. The van der Waals surface area contributed by atoms with Gasteiger partial charge >= 0.3 is 0 Å². The zero-order chi connectivity index (χ0) is 20.9. The van der Waals surface area contributed by atoms with Crippen molar-refractivity contribution < 1.29 is 9.53 Å². The first-order valence-corrected chi connectivity index (χ1v) is 10.9. The molecule has 30 heavy (non-hydrogen) atoms. The zero-order valence-electron chi connectivity index (χ0n) is 17.2. The number of aryl methyl sites for hydroxylation is 2. The van der Waals surface area contributed by atoms with Gasteiger partial charge in [0.1, 0.15) is 0 Å². The van der Waals surface area contributed by atoms with Gasteiger partial charge in [-0.2, -0.15) is 0 Å². The lowest BCUT2D eigenvalue weighted by molar-refractivity contribution is -0.113. The molecular weight excluding hydrogens is 398 g/mol. The number of aromatic nitrogens is 3. The molecule has 1 amide bonds. The average molecular weight is 424 g/mol. The van der Waals surface area contributed by atoms with Crippen LogP contribution in [0.1, 0.15) is 11.1 Å². The summed E-state index contributed by atoms with van der Waals surface area (Å²) in [7, 11) is 0. The van der Waals surface area contributed by atoms with Crippen LogP contribution >= 0.6 is 11.8 Å². The van der Waals surface area contributed by atoms with Gasteiger partial charge in [0, 0.05) is 18.8 Å². The number of carbonyl (C=O) groups excluding carboxylic acids is 1. The van der Waals surface area contributed by atoms with Gasteiger partial charge in [0.15, 0.2) is 5.16 Å². The van der Waals surface area contributed by atoms with Crippen molar-refractivity contribution in [3.8, 4) is 5.69 Å². The van der Waals surface area contributed by atoms with Crippen LogP contribution in [0, 0.1) is 13.8 Å². The van der Waals surface area contributed by atoms with Gasteiger partial charge in [0.2, 0.25) is 11.9 Å². The van der Waals surface area contributed by atoms with E-state index in [1.165, 1.54) is 11.8 Å². The standard InChI is InChI=1S/C22H25N5O2S/c1-16-6-5-8-18(14-16)27-21(26-10-12-29-13-11-26)24-25-22(27)30-15-20(28)23-19-9-4-3-7-17(19)2/h3-9,14H,10-13,15H2,1-2H3,(H,23,28). The number of amides is 1. The van der Waals surface area contributed by atoms with E-state index >= 15 is 0 Å². The highest BCUT2D eigenvalue weighted by Crippen LogP contribution is 2.28. The van der Waals surface area contributed by atoms with E-state index in [1.807, 2.05) is 47.9 Å². The Morgan fingerprint density at radius 3 is 2.67 bits per heavy atom.